The highest BCUT2D eigenvalue weighted by atomic mass is 35.5. The van der Waals surface area contributed by atoms with Gasteiger partial charge in [-0.3, -0.25) is 4.79 Å². The number of fused-ring (bicyclic) bond motifs is 2. The molecule has 5 nitrogen and oxygen atoms in total. The summed E-state index contributed by atoms with van der Waals surface area (Å²) in [4.78, 5) is 18.4. The highest BCUT2D eigenvalue weighted by Gasteiger charge is 2.36. The summed E-state index contributed by atoms with van der Waals surface area (Å²) in [6.07, 6.45) is 2.49. The van der Waals surface area contributed by atoms with Crippen molar-refractivity contribution in [3.8, 4) is 0 Å². The molecule has 0 saturated carbocycles. The Morgan fingerprint density at radius 3 is 2.74 bits per heavy atom. The molecule has 2 saturated heterocycles. The number of likely N-dealkylation sites (tertiary alicyclic amines) is 1. The maximum atomic E-state index is 12.5. The summed E-state index contributed by atoms with van der Waals surface area (Å²) in [6.45, 7) is 1.34. The van der Waals surface area contributed by atoms with E-state index >= 15 is 0 Å². The van der Waals surface area contributed by atoms with Crippen LogP contribution in [0.2, 0.25) is 5.15 Å². The largest absolute Gasteiger partial charge is 0.373 e. The molecule has 0 aliphatic carbocycles. The highest BCUT2D eigenvalue weighted by Crippen LogP contribution is 2.27. The van der Waals surface area contributed by atoms with Crippen LogP contribution in [0.4, 0.5) is 5.82 Å². The summed E-state index contributed by atoms with van der Waals surface area (Å²) < 4.78 is 5.74. The Labute approximate surface area is 116 Å². The van der Waals surface area contributed by atoms with Gasteiger partial charge in [-0.05, 0) is 25.0 Å². The maximum Gasteiger partial charge on any atom is 0.254 e. The number of nitrogens with one attached hydrogen (secondary N) is 1. The third kappa shape index (κ3) is 2.53. The van der Waals surface area contributed by atoms with Gasteiger partial charge in [0.1, 0.15) is 11.0 Å². The minimum atomic E-state index is 0.000926. The summed E-state index contributed by atoms with van der Waals surface area (Å²) in [5.41, 5.74) is 0.575. The Morgan fingerprint density at radius 1 is 1.42 bits per heavy atom. The van der Waals surface area contributed by atoms with Crippen LogP contribution in [-0.2, 0) is 4.74 Å². The fourth-order valence-corrected chi connectivity index (χ4v) is 2.92. The van der Waals surface area contributed by atoms with E-state index < -0.39 is 0 Å². The lowest BCUT2D eigenvalue weighted by molar-refractivity contribution is -0.0303. The summed E-state index contributed by atoms with van der Waals surface area (Å²) in [7, 11) is 1.75. The standard InChI is InChI=1S/C13H16ClN3O2/c1-15-12-5-8(4-11(14)16-12)13(18)17-6-9-2-3-10(7-17)19-9/h4-5,9-10H,2-3,6-7H2,1H3,(H,15,16). The number of morpholine rings is 1. The van der Waals surface area contributed by atoms with Crippen LogP contribution in [0.5, 0.6) is 0 Å². The van der Waals surface area contributed by atoms with Gasteiger partial charge < -0.3 is 15.0 Å². The molecule has 2 fully saturated rings. The number of aromatic nitrogens is 1. The molecule has 2 atom stereocenters. The van der Waals surface area contributed by atoms with Crippen LogP contribution in [-0.4, -0.2) is 48.1 Å². The van der Waals surface area contributed by atoms with Gasteiger partial charge in [0.15, 0.2) is 0 Å². The molecule has 0 aromatic carbocycles. The predicted octanol–water partition coefficient (Wildman–Crippen LogP) is 1.78. The third-order valence-corrected chi connectivity index (χ3v) is 3.82. The number of halogens is 1. The highest BCUT2D eigenvalue weighted by molar-refractivity contribution is 6.29. The Morgan fingerprint density at radius 2 is 2.11 bits per heavy atom. The molecule has 6 heteroatoms. The quantitative estimate of drug-likeness (QED) is 0.840. The molecule has 1 aromatic heterocycles. The molecule has 102 valence electrons. The average molecular weight is 282 g/mol. The summed E-state index contributed by atoms with van der Waals surface area (Å²) in [5, 5.41) is 3.23. The minimum Gasteiger partial charge on any atom is -0.373 e. The van der Waals surface area contributed by atoms with E-state index in [1.165, 1.54) is 0 Å². The lowest BCUT2D eigenvalue weighted by Gasteiger charge is -2.32. The number of nitrogens with zero attached hydrogens (tertiary/aromatic N) is 2. The number of carbonyl (C=O) groups excluding carboxylic acids is 1. The van der Waals surface area contributed by atoms with E-state index in [0.29, 0.717) is 29.6 Å². The molecule has 1 aromatic rings. The molecule has 3 heterocycles. The molecule has 0 spiro atoms. The van der Waals surface area contributed by atoms with Crippen LogP contribution in [0.15, 0.2) is 12.1 Å². The lowest BCUT2D eigenvalue weighted by Crippen LogP contribution is -2.45. The number of carbonyl (C=O) groups is 1. The lowest BCUT2D eigenvalue weighted by atomic mass is 10.2. The molecule has 19 heavy (non-hydrogen) atoms. The van der Waals surface area contributed by atoms with Crippen molar-refractivity contribution < 1.29 is 9.53 Å². The number of amides is 1. The van der Waals surface area contributed by atoms with Crippen molar-refractivity contribution >= 4 is 23.3 Å². The van der Waals surface area contributed by atoms with Crippen molar-refractivity contribution in [2.24, 2.45) is 0 Å². The molecule has 2 aliphatic heterocycles. The first-order valence-corrected chi connectivity index (χ1v) is 6.83. The van der Waals surface area contributed by atoms with Gasteiger partial charge in [0.2, 0.25) is 0 Å². The Bertz CT molecular complexity index is 497. The van der Waals surface area contributed by atoms with Crippen LogP contribution in [0.3, 0.4) is 0 Å². The third-order valence-electron chi connectivity index (χ3n) is 3.63. The van der Waals surface area contributed by atoms with Crippen LogP contribution in [0.1, 0.15) is 23.2 Å². The number of ether oxygens (including phenoxy) is 1. The van der Waals surface area contributed by atoms with Crippen molar-refractivity contribution in [2.75, 3.05) is 25.5 Å². The van der Waals surface area contributed by atoms with Gasteiger partial charge in [0.25, 0.3) is 5.91 Å². The molecular weight excluding hydrogens is 266 g/mol. The molecule has 1 N–H and O–H groups in total. The molecule has 2 aliphatic rings. The van der Waals surface area contributed by atoms with Gasteiger partial charge in [-0.1, -0.05) is 11.6 Å². The fourth-order valence-electron chi connectivity index (χ4n) is 2.71. The van der Waals surface area contributed by atoms with Crippen molar-refractivity contribution in [3.63, 3.8) is 0 Å². The van der Waals surface area contributed by atoms with Crippen molar-refractivity contribution in [1.82, 2.24) is 9.88 Å². The first-order chi connectivity index (χ1) is 9.15. The van der Waals surface area contributed by atoms with Crippen molar-refractivity contribution in [3.05, 3.63) is 22.8 Å². The van der Waals surface area contributed by atoms with Gasteiger partial charge in [-0.2, -0.15) is 0 Å². The molecule has 2 unspecified atom stereocenters. The van der Waals surface area contributed by atoms with Crippen molar-refractivity contribution in [2.45, 2.75) is 25.0 Å². The summed E-state index contributed by atoms with van der Waals surface area (Å²) in [5.74, 6) is 0.605. The first-order valence-electron chi connectivity index (χ1n) is 6.46. The molecular formula is C13H16ClN3O2. The zero-order chi connectivity index (χ0) is 13.4. The van der Waals surface area contributed by atoms with E-state index in [9.17, 15) is 4.79 Å². The van der Waals surface area contributed by atoms with Gasteiger partial charge >= 0.3 is 0 Å². The van der Waals surface area contributed by atoms with Crippen LogP contribution >= 0.6 is 11.6 Å². The number of hydrogen-bond donors (Lipinski definition) is 1. The summed E-state index contributed by atoms with van der Waals surface area (Å²) >= 11 is 5.93. The number of anilines is 1. The smallest absolute Gasteiger partial charge is 0.254 e. The van der Waals surface area contributed by atoms with E-state index in [1.54, 1.807) is 19.2 Å². The number of pyridine rings is 1. The second-order valence-corrected chi connectivity index (χ2v) is 5.37. The zero-order valence-electron chi connectivity index (χ0n) is 10.7. The van der Waals surface area contributed by atoms with Gasteiger partial charge in [-0.25, -0.2) is 4.98 Å². The first kappa shape index (κ1) is 12.7. The van der Waals surface area contributed by atoms with Crippen LogP contribution in [0.25, 0.3) is 0 Å². The molecule has 2 bridgehead atoms. The second-order valence-electron chi connectivity index (χ2n) is 4.98. The maximum absolute atomic E-state index is 12.5. The van der Waals surface area contributed by atoms with Crippen molar-refractivity contribution in [1.29, 1.82) is 0 Å². The van der Waals surface area contributed by atoms with Gasteiger partial charge in [0, 0.05) is 25.7 Å². The van der Waals surface area contributed by atoms with E-state index in [0.717, 1.165) is 12.8 Å². The fraction of sp³-hybridized carbons (Fsp3) is 0.538. The van der Waals surface area contributed by atoms with E-state index in [1.807, 2.05) is 4.90 Å². The molecule has 1 amide bonds. The number of hydrogen-bond acceptors (Lipinski definition) is 4. The van der Waals surface area contributed by atoms with E-state index in [-0.39, 0.29) is 18.1 Å². The normalized spacial score (nSPS) is 25.5. The predicted molar refractivity (Wildman–Crippen MR) is 72.6 cm³/mol. The Kier molecular flexibility index (Phi) is 3.33. The SMILES string of the molecule is CNc1cc(C(=O)N2CC3CCC(C2)O3)cc(Cl)n1. The van der Waals surface area contributed by atoms with Gasteiger partial charge in [-0.15, -0.1) is 0 Å². The van der Waals surface area contributed by atoms with Crippen LogP contribution < -0.4 is 5.32 Å². The van der Waals surface area contributed by atoms with Crippen LogP contribution in [0, 0.1) is 0 Å². The minimum absolute atomic E-state index is 0.000926. The Balaban J connectivity index is 1.81. The molecule has 3 rings (SSSR count). The monoisotopic (exact) mass is 281 g/mol. The number of rotatable bonds is 2. The average Bonchev–Trinajstić information content (AvgIpc) is 2.75. The summed E-state index contributed by atoms with van der Waals surface area (Å²) in [6, 6.07) is 3.34. The Hall–Kier alpha value is -1.33. The zero-order valence-corrected chi connectivity index (χ0v) is 11.5. The van der Waals surface area contributed by atoms with Gasteiger partial charge in [0.05, 0.1) is 12.2 Å². The molecule has 0 radical (unpaired) electrons. The van der Waals surface area contributed by atoms with E-state index in [4.69, 9.17) is 16.3 Å². The van der Waals surface area contributed by atoms with E-state index in [2.05, 4.69) is 10.3 Å². The topological polar surface area (TPSA) is 54.5 Å². The second kappa shape index (κ2) is 4.98.